The molecule has 1 aromatic carbocycles. The first-order chi connectivity index (χ1) is 13.6. The molecule has 2 aromatic rings. The van der Waals surface area contributed by atoms with Crippen LogP contribution in [0, 0.1) is 11.8 Å². The molecular weight excluding hydrogens is 378 g/mol. The summed E-state index contributed by atoms with van der Waals surface area (Å²) in [5.74, 6) is -1.31. The predicted molar refractivity (Wildman–Crippen MR) is 104 cm³/mol. The average molecular weight is 396 g/mol. The summed E-state index contributed by atoms with van der Waals surface area (Å²) in [7, 11) is 0. The number of halogens is 1. The Kier molecular flexibility index (Phi) is 4.00. The molecule has 28 heavy (non-hydrogen) atoms. The van der Waals surface area contributed by atoms with E-state index in [1.165, 1.54) is 0 Å². The molecule has 4 atom stereocenters. The van der Waals surface area contributed by atoms with E-state index in [1.54, 1.807) is 29.4 Å². The van der Waals surface area contributed by atoms with Crippen molar-refractivity contribution in [3.05, 3.63) is 71.5 Å². The summed E-state index contributed by atoms with van der Waals surface area (Å²) >= 11 is 5.97. The van der Waals surface area contributed by atoms with Crippen molar-refractivity contribution in [3.8, 4) is 0 Å². The standard InChI is InChI=1S/C21H18ClN3O3/c22-14-3-5-15(6-4-14)25-12-21-8-7-16(28-21)17(18(21)20(25)27)19(26)24-11-13-2-1-9-23-10-13/h1-10,16-18H,11-12H2,(H,24,26)/t16-,17-,18-,21-/m1/s1. The molecule has 1 spiro atoms. The Morgan fingerprint density at radius 1 is 1.32 bits per heavy atom. The minimum atomic E-state index is -0.738. The number of anilines is 1. The smallest absolute Gasteiger partial charge is 0.234 e. The molecule has 2 amide bonds. The van der Waals surface area contributed by atoms with Crippen LogP contribution in [0.4, 0.5) is 5.69 Å². The Labute approximate surface area is 167 Å². The first-order valence-corrected chi connectivity index (χ1v) is 9.56. The molecule has 0 saturated carbocycles. The second kappa shape index (κ2) is 6.43. The van der Waals surface area contributed by atoms with Crippen molar-refractivity contribution < 1.29 is 14.3 Å². The Hall–Kier alpha value is -2.70. The molecular formula is C21H18ClN3O3. The van der Waals surface area contributed by atoms with Gasteiger partial charge in [0, 0.05) is 29.6 Å². The maximum atomic E-state index is 13.2. The topological polar surface area (TPSA) is 71.5 Å². The van der Waals surface area contributed by atoms with Crippen LogP contribution in [0.1, 0.15) is 5.56 Å². The summed E-state index contributed by atoms with van der Waals surface area (Å²) in [6, 6.07) is 10.8. The fourth-order valence-electron chi connectivity index (χ4n) is 4.45. The van der Waals surface area contributed by atoms with Crippen LogP contribution in [0.2, 0.25) is 5.02 Å². The number of amides is 2. The zero-order valence-electron chi connectivity index (χ0n) is 14.9. The van der Waals surface area contributed by atoms with Gasteiger partial charge in [0.2, 0.25) is 11.8 Å². The van der Waals surface area contributed by atoms with Crippen LogP contribution in [0.3, 0.4) is 0 Å². The Morgan fingerprint density at radius 3 is 2.89 bits per heavy atom. The summed E-state index contributed by atoms with van der Waals surface area (Å²) in [6.45, 7) is 0.770. The maximum absolute atomic E-state index is 13.2. The highest BCUT2D eigenvalue weighted by Gasteiger charge is 2.67. The first-order valence-electron chi connectivity index (χ1n) is 9.18. The maximum Gasteiger partial charge on any atom is 0.234 e. The van der Waals surface area contributed by atoms with Gasteiger partial charge in [0.05, 0.1) is 24.5 Å². The van der Waals surface area contributed by atoms with Crippen LogP contribution in [0.25, 0.3) is 0 Å². The van der Waals surface area contributed by atoms with Gasteiger partial charge in [-0.05, 0) is 35.9 Å². The van der Waals surface area contributed by atoms with Crippen molar-refractivity contribution in [2.24, 2.45) is 11.8 Å². The van der Waals surface area contributed by atoms with Gasteiger partial charge in [-0.1, -0.05) is 29.8 Å². The van der Waals surface area contributed by atoms with Gasteiger partial charge in [0.25, 0.3) is 0 Å². The second-order valence-electron chi connectivity index (χ2n) is 7.38. The monoisotopic (exact) mass is 395 g/mol. The quantitative estimate of drug-likeness (QED) is 0.806. The van der Waals surface area contributed by atoms with Crippen LogP contribution in [0.5, 0.6) is 0 Å². The number of aromatic nitrogens is 1. The third-order valence-corrected chi connectivity index (χ3v) is 5.98. The van der Waals surface area contributed by atoms with Gasteiger partial charge in [-0.3, -0.25) is 14.6 Å². The molecule has 3 aliphatic rings. The number of ether oxygens (including phenoxy) is 1. The number of carbonyl (C=O) groups excluding carboxylic acids is 2. The van der Waals surface area contributed by atoms with Crippen molar-refractivity contribution >= 4 is 29.1 Å². The van der Waals surface area contributed by atoms with Crippen LogP contribution in [0.15, 0.2) is 60.9 Å². The molecule has 0 aliphatic carbocycles. The predicted octanol–water partition coefficient (Wildman–Crippen LogP) is 2.34. The summed E-state index contributed by atoms with van der Waals surface area (Å²) < 4.78 is 6.14. The fourth-order valence-corrected chi connectivity index (χ4v) is 4.57. The lowest BCUT2D eigenvalue weighted by Crippen LogP contribution is -2.44. The molecule has 1 aromatic heterocycles. The van der Waals surface area contributed by atoms with E-state index in [-0.39, 0.29) is 17.9 Å². The number of fused-ring (bicyclic) bond motifs is 1. The van der Waals surface area contributed by atoms with Crippen molar-refractivity contribution in [1.29, 1.82) is 0 Å². The SMILES string of the molecule is O=C(NCc1cccnc1)[C@@H]1[C@H]2C=C[C@]3(CN(c4ccc(Cl)cc4)C(=O)[C@@H]13)O2. The lowest BCUT2D eigenvalue weighted by atomic mass is 9.77. The third kappa shape index (κ3) is 2.64. The van der Waals surface area contributed by atoms with Gasteiger partial charge >= 0.3 is 0 Å². The first kappa shape index (κ1) is 17.4. The number of pyridine rings is 1. The molecule has 3 aliphatic heterocycles. The minimum Gasteiger partial charge on any atom is -0.360 e. The van der Waals surface area contributed by atoms with E-state index < -0.39 is 17.4 Å². The van der Waals surface area contributed by atoms with Crippen molar-refractivity contribution in [1.82, 2.24) is 10.3 Å². The van der Waals surface area contributed by atoms with Gasteiger partial charge in [0.15, 0.2) is 0 Å². The highest BCUT2D eigenvalue weighted by molar-refractivity contribution is 6.30. The van der Waals surface area contributed by atoms with Crippen molar-refractivity contribution in [2.75, 3.05) is 11.4 Å². The molecule has 4 heterocycles. The van der Waals surface area contributed by atoms with Crippen LogP contribution >= 0.6 is 11.6 Å². The van der Waals surface area contributed by atoms with E-state index in [0.717, 1.165) is 11.3 Å². The zero-order chi connectivity index (χ0) is 19.3. The van der Waals surface area contributed by atoms with Crippen molar-refractivity contribution in [3.63, 3.8) is 0 Å². The second-order valence-corrected chi connectivity index (χ2v) is 7.82. The summed E-state index contributed by atoms with van der Waals surface area (Å²) in [5, 5.41) is 3.55. The van der Waals surface area contributed by atoms with Gasteiger partial charge < -0.3 is 15.0 Å². The third-order valence-electron chi connectivity index (χ3n) is 5.73. The number of carbonyl (C=O) groups is 2. The Balaban J connectivity index is 1.38. The van der Waals surface area contributed by atoms with Gasteiger partial charge in [0.1, 0.15) is 5.60 Å². The van der Waals surface area contributed by atoms with E-state index in [1.807, 2.05) is 36.4 Å². The van der Waals surface area contributed by atoms with E-state index in [9.17, 15) is 9.59 Å². The van der Waals surface area contributed by atoms with E-state index in [4.69, 9.17) is 16.3 Å². The molecule has 6 nitrogen and oxygen atoms in total. The normalized spacial score (nSPS) is 30.0. The highest BCUT2D eigenvalue weighted by Crippen LogP contribution is 2.52. The molecule has 7 heteroatoms. The highest BCUT2D eigenvalue weighted by atomic mass is 35.5. The molecule has 2 bridgehead atoms. The van der Waals surface area contributed by atoms with Gasteiger partial charge in [-0.15, -0.1) is 0 Å². The lowest BCUT2D eigenvalue weighted by Gasteiger charge is -2.23. The lowest BCUT2D eigenvalue weighted by molar-refractivity contribution is -0.132. The number of nitrogens with zero attached hydrogens (tertiary/aromatic N) is 2. The Bertz CT molecular complexity index is 963. The van der Waals surface area contributed by atoms with Gasteiger partial charge in [-0.25, -0.2) is 0 Å². The van der Waals surface area contributed by atoms with E-state index in [2.05, 4.69) is 10.3 Å². The zero-order valence-corrected chi connectivity index (χ0v) is 15.7. The van der Waals surface area contributed by atoms with E-state index >= 15 is 0 Å². The summed E-state index contributed by atoms with van der Waals surface area (Å²) in [6.07, 6.45) is 6.88. The number of nitrogens with one attached hydrogen (secondary N) is 1. The van der Waals surface area contributed by atoms with Crippen LogP contribution < -0.4 is 10.2 Å². The fraction of sp³-hybridized carbons (Fsp3) is 0.286. The van der Waals surface area contributed by atoms with Crippen LogP contribution in [-0.4, -0.2) is 35.0 Å². The van der Waals surface area contributed by atoms with Crippen LogP contribution in [-0.2, 0) is 20.9 Å². The number of benzene rings is 1. The molecule has 2 fully saturated rings. The van der Waals surface area contributed by atoms with Crippen molar-refractivity contribution in [2.45, 2.75) is 18.2 Å². The molecule has 0 unspecified atom stereocenters. The summed E-state index contributed by atoms with van der Waals surface area (Å²) in [4.78, 5) is 31.9. The average Bonchev–Trinajstić information content (AvgIpc) is 3.36. The largest absolute Gasteiger partial charge is 0.360 e. The molecule has 1 N–H and O–H groups in total. The van der Waals surface area contributed by atoms with Gasteiger partial charge in [-0.2, -0.15) is 0 Å². The number of rotatable bonds is 4. The molecule has 2 saturated heterocycles. The minimum absolute atomic E-state index is 0.0873. The molecule has 142 valence electrons. The Morgan fingerprint density at radius 2 is 2.14 bits per heavy atom. The number of hydrogen-bond donors (Lipinski definition) is 1. The summed E-state index contributed by atoms with van der Waals surface area (Å²) in [5.41, 5.74) is 0.927. The molecule has 0 radical (unpaired) electrons. The molecule has 5 rings (SSSR count). The van der Waals surface area contributed by atoms with E-state index in [0.29, 0.717) is 18.1 Å². The number of hydrogen-bond acceptors (Lipinski definition) is 4.